The summed E-state index contributed by atoms with van der Waals surface area (Å²) in [7, 11) is 0. The van der Waals surface area contributed by atoms with Crippen LogP contribution >= 0.6 is 0 Å². The second-order valence-corrected chi connectivity index (χ2v) is 1.50. The first-order chi connectivity index (χ1) is 4.74. The molecule has 3 nitrogen and oxygen atoms in total. The van der Waals surface area contributed by atoms with Gasteiger partial charge in [0.1, 0.15) is 0 Å². The maximum absolute atomic E-state index is 12.2. The van der Waals surface area contributed by atoms with Crippen molar-refractivity contribution in [1.29, 1.82) is 0 Å². The van der Waals surface area contributed by atoms with E-state index in [1.807, 2.05) is 0 Å². The van der Waals surface area contributed by atoms with Crippen molar-refractivity contribution >= 4 is 6.29 Å². The van der Waals surface area contributed by atoms with Gasteiger partial charge in [0.2, 0.25) is 5.95 Å². The van der Waals surface area contributed by atoms with Gasteiger partial charge in [-0.3, -0.25) is 4.79 Å². The minimum Gasteiger partial charge on any atom is -0.298 e. The first kappa shape index (κ1) is 6.73. The highest BCUT2D eigenvalue weighted by Crippen LogP contribution is 1.98. The molecule has 0 atom stereocenters. The van der Waals surface area contributed by atoms with Crippen molar-refractivity contribution in [3.63, 3.8) is 0 Å². The van der Waals surface area contributed by atoms with Crippen molar-refractivity contribution < 1.29 is 13.6 Å². The molecule has 0 saturated heterocycles. The molecule has 0 aliphatic heterocycles. The molecule has 52 valence electrons. The van der Waals surface area contributed by atoms with Gasteiger partial charge in [-0.25, -0.2) is 4.98 Å². The largest absolute Gasteiger partial charge is 0.311 e. The van der Waals surface area contributed by atoms with Crippen molar-refractivity contribution in [1.82, 2.24) is 9.97 Å². The first-order valence-electron chi connectivity index (χ1n) is 2.37. The van der Waals surface area contributed by atoms with Gasteiger partial charge in [0.15, 0.2) is 6.29 Å². The Kier molecular flexibility index (Phi) is 1.66. The fourth-order valence-electron chi connectivity index (χ4n) is 0.430. The molecule has 0 aliphatic rings. The van der Waals surface area contributed by atoms with Crippen LogP contribution in [0.4, 0.5) is 8.78 Å². The molecule has 0 bridgehead atoms. The van der Waals surface area contributed by atoms with E-state index in [1.54, 1.807) is 0 Å². The molecule has 1 aromatic rings. The van der Waals surface area contributed by atoms with Crippen molar-refractivity contribution in [2.45, 2.75) is 0 Å². The summed E-state index contributed by atoms with van der Waals surface area (Å²) in [6.07, 6.45) is -0.178. The Morgan fingerprint density at radius 1 is 1.50 bits per heavy atom. The zero-order valence-corrected chi connectivity index (χ0v) is 4.71. The molecule has 0 unspecified atom stereocenters. The molecule has 5 heteroatoms. The van der Waals surface area contributed by atoms with Crippen LogP contribution in [0.25, 0.3) is 0 Å². The highest BCUT2D eigenvalue weighted by molar-refractivity contribution is 5.73. The lowest BCUT2D eigenvalue weighted by Crippen LogP contribution is -1.97. The average molecular weight is 144 g/mol. The van der Waals surface area contributed by atoms with E-state index in [0.29, 0.717) is 0 Å². The molecule has 10 heavy (non-hydrogen) atoms. The van der Waals surface area contributed by atoms with Gasteiger partial charge < -0.3 is 0 Å². The number of carbonyl (C=O) groups is 1. The smallest absolute Gasteiger partial charge is 0.298 e. The minimum absolute atomic E-state index is 0.217. The molecular formula is C5H2F2N2O. The van der Waals surface area contributed by atoms with Gasteiger partial charge in [0.25, 0.3) is 0 Å². The van der Waals surface area contributed by atoms with Gasteiger partial charge in [-0.2, -0.15) is 13.8 Å². The van der Waals surface area contributed by atoms with Gasteiger partial charge in [-0.15, -0.1) is 0 Å². The summed E-state index contributed by atoms with van der Waals surface area (Å²) in [5, 5.41) is 0. The van der Waals surface area contributed by atoms with Gasteiger partial charge in [-0.1, -0.05) is 0 Å². The summed E-state index contributed by atoms with van der Waals surface area (Å²) in [4.78, 5) is 15.5. The average Bonchev–Trinajstić information content (AvgIpc) is 1.88. The predicted octanol–water partition coefficient (Wildman–Crippen LogP) is 0.567. The SMILES string of the molecule is O=Cc1cnc(F)nc1F. The lowest BCUT2D eigenvalue weighted by molar-refractivity contribution is 0.111. The number of hydrogen-bond acceptors (Lipinski definition) is 3. The summed E-state index contributed by atoms with van der Waals surface area (Å²) < 4.78 is 24.1. The van der Waals surface area contributed by atoms with Crippen LogP contribution < -0.4 is 0 Å². The van der Waals surface area contributed by atoms with Crippen molar-refractivity contribution in [2.24, 2.45) is 0 Å². The number of aromatic nitrogens is 2. The normalized spacial score (nSPS) is 9.40. The molecule has 0 radical (unpaired) electrons. The highest BCUT2D eigenvalue weighted by Gasteiger charge is 2.03. The number of nitrogens with zero attached hydrogens (tertiary/aromatic N) is 2. The van der Waals surface area contributed by atoms with E-state index in [1.165, 1.54) is 0 Å². The van der Waals surface area contributed by atoms with E-state index in [9.17, 15) is 13.6 Å². The van der Waals surface area contributed by atoms with Gasteiger partial charge in [0, 0.05) is 6.20 Å². The van der Waals surface area contributed by atoms with Crippen molar-refractivity contribution in [3.05, 3.63) is 23.8 Å². The summed E-state index contributed by atoms with van der Waals surface area (Å²) >= 11 is 0. The van der Waals surface area contributed by atoms with Crippen LogP contribution in [0.3, 0.4) is 0 Å². The monoisotopic (exact) mass is 144 g/mol. The summed E-state index contributed by atoms with van der Waals surface area (Å²) in [6.45, 7) is 0. The number of carbonyl (C=O) groups excluding carboxylic acids is 1. The second kappa shape index (κ2) is 2.47. The van der Waals surface area contributed by atoms with Crippen molar-refractivity contribution in [3.8, 4) is 0 Å². The molecule has 0 aromatic carbocycles. The van der Waals surface area contributed by atoms with Gasteiger partial charge in [-0.05, 0) is 0 Å². The zero-order chi connectivity index (χ0) is 7.56. The van der Waals surface area contributed by atoms with Crippen LogP contribution in [0.5, 0.6) is 0 Å². The number of hydrogen-bond donors (Lipinski definition) is 0. The van der Waals surface area contributed by atoms with Crippen LogP contribution in [-0.4, -0.2) is 16.3 Å². The Hall–Kier alpha value is -1.39. The summed E-state index contributed by atoms with van der Waals surface area (Å²) in [5.74, 6) is -1.14. The van der Waals surface area contributed by atoms with Gasteiger partial charge in [0.05, 0.1) is 5.56 Å². The molecule has 0 amide bonds. The van der Waals surface area contributed by atoms with Crippen LogP contribution in [0, 0.1) is 12.0 Å². The lowest BCUT2D eigenvalue weighted by atomic mass is 10.4. The Labute approximate surface area is 54.7 Å². The highest BCUT2D eigenvalue weighted by atomic mass is 19.1. The van der Waals surface area contributed by atoms with E-state index in [0.717, 1.165) is 6.20 Å². The number of rotatable bonds is 1. The Morgan fingerprint density at radius 2 is 2.20 bits per heavy atom. The quantitative estimate of drug-likeness (QED) is 0.328. The molecule has 1 heterocycles. The second-order valence-electron chi connectivity index (χ2n) is 1.50. The van der Waals surface area contributed by atoms with Crippen molar-refractivity contribution in [2.75, 3.05) is 0 Å². The summed E-state index contributed by atoms with van der Waals surface area (Å²) in [5.41, 5.74) is -0.346. The van der Waals surface area contributed by atoms with E-state index in [2.05, 4.69) is 9.97 Å². The maximum Gasteiger partial charge on any atom is 0.311 e. The first-order valence-corrected chi connectivity index (χ1v) is 2.37. The standard InChI is InChI=1S/C5H2F2N2O/c6-4-3(2-10)1-8-5(7)9-4/h1-2H. The van der Waals surface area contributed by atoms with E-state index in [-0.39, 0.29) is 11.8 Å². The molecule has 0 aliphatic carbocycles. The zero-order valence-electron chi connectivity index (χ0n) is 4.71. The molecule has 0 N–H and O–H groups in total. The van der Waals surface area contributed by atoms with Crippen LogP contribution in [0.2, 0.25) is 0 Å². The fourth-order valence-corrected chi connectivity index (χ4v) is 0.430. The summed E-state index contributed by atoms with van der Waals surface area (Å²) in [6, 6.07) is 0. The van der Waals surface area contributed by atoms with E-state index < -0.39 is 12.0 Å². The molecule has 0 saturated carbocycles. The third-order valence-electron chi connectivity index (χ3n) is 0.866. The Balaban J connectivity index is 3.19. The lowest BCUT2D eigenvalue weighted by Gasteiger charge is -1.89. The minimum atomic E-state index is -1.18. The fraction of sp³-hybridized carbons (Fsp3) is 0. The Morgan fingerprint density at radius 3 is 2.70 bits per heavy atom. The van der Waals surface area contributed by atoms with Gasteiger partial charge >= 0.3 is 6.08 Å². The molecule has 1 rings (SSSR count). The molecule has 0 spiro atoms. The third kappa shape index (κ3) is 1.12. The Bertz CT molecular complexity index is 264. The van der Waals surface area contributed by atoms with Crippen LogP contribution in [-0.2, 0) is 0 Å². The van der Waals surface area contributed by atoms with E-state index >= 15 is 0 Å². The van der Waals surface area contributed by atoms with Crippen LogP contribution in [0.1, 0.15) is 10.4 Å². The molecular weight excluding hydrogens is 142 g/mol. The van der Waals surface area contributed by atoms with E-state index in [4.69, 9.17) is 0 Å². The number of aldehydes is 1. The molecule has 0 fully saturated rings. The maximum atomic E-state index is 12.2. The van der Waals surface area contributed by atoms with Crippen LogP contribution in [0.15, 0.2) is 6.20 Å². The molecule has 1 aromatic heterocycles. The predicted molar refractivity (Wildman–Crippen MR) is 27.3 cm³/mol. The third-order valence-corrected chi connectivity index (χ3v) is 0.866. The number of halogens is 2. The topological polar surface area (TPSA) is 42.9 Å².